The van der Waals surface area contributed by atoms with Crippen molar-refractivity contribution in [3.05, 3.63) is 60.3 Å². The third kappa shape index (κ3) is 5.56. The van der Waals surface area contributed by atoms with Gasteiger partial charge in [-0.3, -0.25) is 9.59 Å². The van der Waals surface area contributed by atoms with E-state index in [1.807, 2.05) is 10.6 Å². The van der Waals surface area contributed by atoms with Crippen molar-refractivity contribution in [3.8, 4) is 0 Å². The van der Waals surface area contributed by atoms with E-state index >= 15 is 0 Å². The molecule has 0 saturated heterocycles. The molecule has 0 aliphatic rings. The number of urea groups is 1. The maximum Gasteiger partial charge on any atom is 0.319 e. The van der Waals surface area contributed by atoms with Gasteiger partial charge < -0.3 is 25.4 Å². The van der Waals surface area contributed by atoms with Gasteiger partial charge in [-0.05, 0) is 36.4 Å². The molecular weight excluding hydrogens is 408 g/mol. The summed E-state index contributed by atoms with van der Waals surface area (Å²) in [5.74, 6) is -2.74. The zero-order valence-electron chi connectivity index (χ0n) is 16.9. The highest BCUT2D eigenvalue weighted by atomic mass is 19.2. The standard InChI is InChI=1S/C21H21F2N5O3/c1-27(2)20(30)12-28-8-7-13-9-14(4-6-18(13)28)26-21(31)24-11-19(29)25-15-3-5-16(22)17(23)10-15/h3-10H,11-12H2,1-2H3,(H,25,29)(H2,24,26,31). The zero-order valence-corrected chi connectivity index (χ0v) is 16.9. The van der Waals surface area contributed by atoms with Gasteiger partial charge in [0.25, 0.3) is 0 Å². The highest BCUT2D eigenvalue weighted by Crippen LogP contribution is 2.20. The van der Waals surface area contributed by atoms with Crippen molar-refractivity contribution in [1.29, 1.82) is 0 Å². The van der Waals surface area contributed by atoms with E-state index in [4.69, 9.17) is 0 Å². The highest BCUT2D eigenvalue weighted by molar-refractivity contribution is 5.98. The van der Waals surface area contributed by atoms with Gasteiger partial charge in [0, 0.05) is 48.6 Å². The first-order valence-electron chi connectivity index (χ1n) is 9.32. The van der Waals surface area contributed by atoms with Crippen molar-refractivity contribution in [1.82, 2.24) is 14.8 Å². The minimum atomic E-state index is -1.08. The summed E-state index contributed by atoms with van der Waals surface area (Å²) in [7, 11) is 3.37. The molecule has 2 aromatic carbocycles. The van der Waals surface area contributed by atoms with Crippen LogP contribution in [0.5, 0.6) is 0 Å². The van der Waals surface area contributed by atoms with Crippen LogP contribution in [0.4, 0.5) is 25.0 Å². The van der Waals surface area contributed by atoms with E-state index in [0.29, 0.717) is 5.69 Å². The van der Waals surface area contributed by atoms with Gasteiger partial charge in [-0.25, -0.2) is 13.6 Å². The van der Waals surface area contributed by atoms with E-state index in [1.165, 1.54) is 11.0 Å². The molecule has 8 nitrogen and oxygen atoms in total. The average Bonchev–Trinajstić information content (AvgIpc) is 3.11. The number of fused-ring (bicyclic) bond motifs is 1. The van der Waals surface area contributed by atoms with E-state index < -0.39 is 23.6 Å². The van der Waals surface area contributed by atoms with E-state index in [9.17, 15) is 23.2 Å². The van der Waals surface area contributed by atoms with Gasteiger partial charge in [0.1, 0.15) is 6.54 Å². The fraction of sp³-hybridized carbons (Fsp3) is 0.190. The quantitative estimate of drug-likeness (QED) is 0.562. The van der Waals surface area contributed by atoms with Crippen molar-refractivity contribution in [3.63, 3.8) is 0 Å². The molecule has 0 bridgehead atoms. The number of likely N-dealkylation sites (N-methyl/N-ethyl adjacent to an activating group) is 1. The molecule has 10 heteroatoms. The Labute approximate surface area is 176 Å². The lowest BCUT2D eigenvalue weighted by Crippen LogP contribution is -2.35. The largest absolute Gasteiger partial charge is 0.347 e. The van der Waals surface area contributed by atoms with Gasteiger partial charge in [-0.15, -0.1) is 0 Å². The molecular formula is C21H21F2N5O3. The van der Waals surface area contributed by atoms with Gasteiger partial charge in [0.2, 0.25) is 11.8 Å². The molecule has 0 radical (unpaired) electrons. The molecule has 0 unspecified atom stereocenters. The van der Waals surface area contributed by atoms with Gasteiger partial charge in [0.05, 0.1) is 6.54 Å². The number of aromatic nitrogens is 1. The van der Waals surface area contributed by atoms with Gasteiger partial charge in [-0.2, -0.15) is 0 Å². The zero-order chi connectivity index (χ0) is 22.5. The van der Waals surface area contributed by atoms with Crippen LogP contribution in [0.15, 0.2) is 48.7 Å². The molecule has 31 heavy (non-hydrogen) atoms. The number of halogens is 2. The number of nitrogens with one attached hydrogen (secondary N) is 3. The summed E-state index contributed by atoms with van der Waals surface area (Å²) < 4.78 is 27.9. The fourth-order valence-electron chi connectivity index (χ4n) is 2.82. The first-order valence-corrected chi connectivity index (χ1v) is 9.32. The Bertz CT molecular complexity index is 1140. The average molecular weight is 429 g/mol. The number of rotatable bonds is 6. The first kappa shape index (κ1) is 21.8. The number of hydrogen-bond acceptors (Lipinski definition) is 3. The van der Waals surface area contributed by atoms with Crippen LogP contribution in [0.1, 0.15) is 0 Å². The highest BCUT2D eigenvalue weighted by Gasteiger charge is 2.11. The third-order valence-electron chi connectivity index (χ3n) is 4.45. The second kappa shape index (κ2) is 9.24. The van der Waals surface area contributed by atoms with E-state index in [2.05, 4.69) is 16.0 Å². The van der Waals surface area contributed by atoms with Crippen molar-refractivity contribution in [2.75, 3.05) is 31.3 Å². The summed E-state index contributed by atoms with van der Waals surface area (Å²) in [5, 5.41) is 8.19. The van der Waals surface area contributed by atoms with Gasteiger partial charge in [0.15, 0.2) is 11.6 Å². The molecule has 0 spiro atoms. The predicted octanol–water partition coefficient (Wildman–Crippen LogP) is 2.77. The van der Waals surface area contributed by atoms with Crippen LogP contribution in [0.2, 0.25) is 0 Å². The summed E-state index contributed by atoms with van der Waals surface area (Å²) >= 11 is 0. The fourth-order valence-corrected chi connectivity index (χ4v) is 2.82. The Morgan fingerprint density at radius 1 is 0.935 bits per heavy atom. The maximum absolute atomic E-state index is 13.2. The van der Waals surface area contributed by atoms with Crippen molar-refractivity contribution in [2.24, 2.45) is 0 Å². The van der Waals surface area contributed by atoms with Crippen LogP contribution in [-0.4, -0.2) is 48.0 Å². The monoisotopic (exact) mass is 429 g/mol. The molecule has 3 aromatic rings. The maximum atomic E-state index is 13.2. The summed E-state index contributed by atoms with van der Waals surface area (Å²) in [6.45, 7) is -0.160. The Hall–Kier alpha value is -3.95. The van der Waals surface area contributed by atoms with Crippen molar-refractivity contribution < 1.29 is 23.2 Å². The number of benzene rings is 2. The normalized spacial score (nSPS) is 10.6. The lowest BCUT2D eigenvalue weighted by atomic mass is 10.2. The molecule has 0 saturated carbocycles. The summed E-state index contributed by atoms with van der Waals surface area (Å²) in [4.78, 5) is 37.4. The molecule has 4 amide bonds. The Kier molecular flexibility index (Phi) is 6.49. The number of nitrogens with zero attached hydrogens (tertiary/aromatic N) is 2. The minimum Gasteiger partial charge on any atom is -0.347 e. The van der Waals surface area contributed by atoms with Crippen LogP contribution in [0, 0.1) is 11.6 Å². The summed E-state index contributed by atoms with van der Waals surface area (Å²) in [6, 6.07) is 9.38. The molecule has 0 aliphatic carbocycles. The lowest BCUT2D eigenvalue weighted by Gasteiger charge is -2.12. The molecule has 3 rings (SSSR count). The number of hydrogen-bond donors (Lipinski definition) is 3. The lowest BCUT2D eigenvalue weighted by molar-refractivity contribution is -0.129. The molecule has 162 valence electrons. The van der Waals surface area contributed by atoms with E-state index in [1.54, 1.807) is 38.5 Å². The number of anilines is 2. The van der Waals surface area contributed by atoms with Crippen LogP contribution in [-0.2, 0) is 16.1 Å². The number of amides is 4. The molecule has 3 N–H and O–H groups in total. The first-order chi connectivity index (χ1) is 14.7. The number of carbonyl (C=O) groups excluding carboxylic acids is 3. The number of carbonyl (C=O) groups is 3. The Morgan fingerprint density at radius 2 is 1.65 bits per heavy atom. The summed E-state index contributed by atoms with van der Waals surface area (Å²) in [6.07, 6.45) is 1.79. The van der Waals surface area contributed by atoms with Crippen LogP contribution in [0.25, 0.3) is 10.9 Å². The predicted molar refractivity (Wildman–Crippen MR) is 113 cm³/mol. The third-order valence-corrected chi connectivity index (χ3v) is 4.45. The van der Waals surface area contributed by atoms with E-state index in [-0.39, 0.29) is 24.7 Å². The van der Waals surface area contributed by atoms with Gasteiger partial charge >= 0.3 is 6.03 Å². The second-order valence-corrected chi connectivity index (χ2v) is 6.99. The van der Waals surface area contributed by atoms with Crippen LogP contribution in [0.3, 0.4) is 0 Å². The molecule has 0 atom stereocenters. The topological polar surface area (TPSA) is 95.5 Å². The van der Waals surface area contributed by atoms with Crippen LogP contribution >= 0.6 is 0 Å². The smallest absolute Gasteiger partial charge is 0.319 e. The minimum absolute atomic E-state index is 0.0410. The van der Waals surface area contributed by atoms with E-state index in [0.717, 1.165) is 23.0 Å². The molecule has 1 aromatic heterocycles. The molecule has 0 fully saturated rings. The van der Waals surface area contributed by atoms with Crippen molar-refractivity contribution in [2.45, 2.75) is 6.54 Å². The summed E-state index contributed by atoms with van der Waals surface area (Å²) in [5.41, 5.74) is 1.42. The SMILES string of the molecule is CN(C)C(=O)Cn1ccc2cc(NC(=O)NCC(=O)Nc3ccc(F)c(F)c3)ccc21. The van der Waals surface area contributed by atoms with Crippen LogP contribution < -0.4 is 16.0 Å². The Balaban J connectivity index is 1.54. The van der Waals surface area contributed by atoms with Gasteiger partial charge in [-0.1, -0.05) is 0 Å². The Morgan fingerprint density at radius 3 is 2.35 bits per heavy atom. The second-order valence-electron chi connectivity index (χ2n) is 6.99. The van der Waals surface area contributed by atoms with Crippen molar-refractivity contribution >= 4 is 40.1 Å². The molecule has 0 aliphatic heterocycles. The molecule has 1 heterocycles.